The van der Waals surface area contributed by atoms with Crippen molar-refractivity contribution < 1.29 is 9.53 Å². The average molecular weight is 268 g/mol. The van der Waals surface area contributed by atoms with E-state index in [4.69, 9.17) is 0 Å². The molecule has 1 aliphatic carbocycles. The summed E-state index contributed by atoms with van der Waals surface area (Å²) in [5.74, 6) is -0.372. The molecule has 1 aliphatic rings. The van der Waals surface area contributed by atoms with Gasteiger partial charge in [0, 0.05) is 11.4 Å². The first-order valence-electron chi connectivity index (χ1n) is 6.30. The Balaban J connectivity index is 1.97. The fourth-order valence-electron chi connectivity index (χ4n) is 2.53. The molecule has 1 atom stereocenters. The third kappa shape index (κ3) is 3.22. The number of aromatic nitrogens is 1. The van der Waals surface area contributed by atoms with Gasteiger partial charge in [-0.2, -0.15) is 0 Å². The second-order valence-electron chi connectivity index (χ2n) is 5.63. The maximum Gasteiger partial charge on any atom is 0.357 e. The van der Waals surface area contributed by atoms with Crippen LogP contribution in [0.15, 0.2) is 5.38 Å². The largest absolute Gasteiger partial charge is 0.464 e. The van der Waals surface area contributed by atoms with E-state index in [1.807, 2.05) is 0 Å². The van der Waals surface area contributed by atoms with Gasteiger partial charge < -0.3 is 10.1 Å². The highest BCUT2D eigenvalue weighted by Gasteiger charge is 2.28. The Labute approximate surface area is 112 Å². The normalized spacial score (nSPS) is 22.5. The molecule has 1 aromatic rings. The van der Waals surface area contributed by atoms with Crippen molar-refractivity contribution in [3.8, 4) is 0 Å². The number of methoxy groups -OCH3 is 1. The molecule has 0 aromatic carbocycles. The van der Waals surface area contributed by atoms with E-state index in [0.717, 1.165) is 11.6 Å². The lowest BCUT2D eigenvalue weighted by molar-refractivity contribution is 0.0595. The van der Waals surface area contributed by atoms with Gasteiger partial charge in [-0.1, -0.05) is 20.3 Å². The molecule has 18 heavy (non-hydrogen) atoms. The van der Waals surface area contributed by atoms with Crippen LogP contribution in [0.2, 0.25) is 0 Å². The van der Waals surface area contributed by atoms with E-state index in [0.29, 0.717) is 17.2 Å². The molecule has 1 aromatic heterocycles. The number of anilines is 1. The fourth-order valence-corrected chi connectivity index (χ4v) is 3.29. The van der Waals surface area contributed by atoms with E-state index in [1.165, 1.54) is 37.7 Å². The molecule has 2 rings (SSSR count). The van der Waals surface area contributed by atoms with Crippen molar-refractivity contribution in [1.82, 2.24) is 4.98 Å². The molecule has 0 spiro atoms. The molecule has 1 unspecified atom stereocenters. The zero-order chi connectivity index (χ0) is 13.2. The number of ether oxygens (including phenoxy) is 1. The fraction of sp³-hybridized carbons (Fsp3) is 0.692. The molecule has 5 heteroatoms. The summed E-state index contributed by atoms with van der Waals surface area (Å²) in [4.78, 5) is 15.6. The van der Waals surface area contributed by atoms with Gasteiger partial charge in [-0.05, 0) is 24.7 Å². The molecular weight excluding hydrogens is 248 g/mol. The van der Waals surface area contributed by atoms with Gasteiger partial charge in [-0.3, -0.25) is 0 Å². The Bertz CT molecular complexity index is 428. The summed E-state index contributed by atoms with van der Waals surface area (Å²) < 4.78 is 4.65. The molecule has 4 nitrogen and oxygen atoms in total. The lowest BCUT2D eigenvalue weighted by atomic mass is 9.75. The number of hydrogen-bond acceptors (Lipinski definition) is 5. The summed E-state index contributed by atoms with van der Waals surface area (Å²) in [6, 6.07) is 0.463. The van der Waals surface area contributed by atoms with Gasteiger partial charge >= 0.3 is 5.97 Å². The molecular formula is C13H20N2O2S. The van der Waals surface area contributed by atoms with Crippen molar-refractivity contribution in [2.24, 2.45) is 5.41 Å². The van der Waals surface area contributed by atoms with Gasteiger partial charge in [-0.25, -0.2) is 9.78 Å². The van der Waals surface area contributed by atoms with Crippen LogP contribution in [0, 0.1) is 5.41 Å². The van der Waals surface area contributed by atoms with Crippen LogP contribution in [0.25, 0.3) is 0 Å². The minimum Gasteiger partial charge on any atom is -0.464 e. The number of esters is 1. The predicted octanol–water partition coefficient (Wildman–Crippen LogP) is 3.31. The summed E-state index contributed by atoms with van der Waals surface area (Å²) in [5, 5.41) is 5.99. The number of carbonyl (C=O) groups is 1. The maximum absolute atomic E-state index is 11.3. The zero-order valence-corrected chi connectivity index (χ0v) is 12.0. The Morgan fingerprint density at radius 2 is 2.39 bits per heavy atom. The number of thiazole rings is 1. The van der Waals surface area contributed by atoms with E-state index in [1.54, 1.807) is 5.38 Å². The summed E-state index contributed by atoms with van der Waals surface area (Å²) in [6.45, 7) is 4.62. The van der Waals surface area contributed by atoms with E-state index < -0.39 is 0 Å². The molecule has 1 saturated carbocycles. The monoisotopic (exact) mass is 268 g/mol. The van der Waals surface area contributed by atoms with Crippen LogP contribution in [0.4, 0.5) is 5.13 Å². The van der Waals surface area contributed by atoms with Crippen LogP contribution in [-0.2, 0) is 4.74 Å². The second kappa shape index (κ2) is 5.26. The zero-order valence-electron chi connectivity index (χ0n) is 11.2. The first-order valence-corrected chi connectivity index (χ1v) is 7.18. The van der Waals surface area contributed by atoms with Gasteiger partial charge in [-0.15, -0.1) is 11.3 Å². The van der Waals surface area contributed by atoms with Crippen LogP contribution in [0.3, 0.4) is 0 Å². The topological polar surface area (TPSA) is 51.2 Å². The van der Waals surface area contributed by atoms with Crippen LogP contribution in [0.5, 0.6) is 0 Å². The van der Waals surface area contributed by atoms with Crippen molar-refractivity contribution in [2.45, 2.75) is 45.6 Å². The Hall–Kier alpha value is -1.10. The average Bonchev–Trinajstić information content (AvgIpc) is 2.75. The quantitative estimate of drug-likeness (QED) is 0.854. The van der Waals surface area contributed by atoms with E-state index in [-0.39, 0.29) is 5.97 Å². The highest BCUT2D eigenvalue weighted by Crippen LogP contribution is 2.36. The Morgan fingerprint density at radius 1 is 1.61 bits per heavy atom. The molecule has 100 valence electrons. The summed E-state index contributed by atoms with van der Waals surface area (Å²) >= 11 is 1.46. The SMILES string of the molecule is COC(=O)c1csc(NC2CCCC(C)(C)C2)n1. The molecule has 0 saturated heterocycles. The van der Waals surface area contributed by atoms with Crippen LogP contribution in [0.1, 0.15) is 50.0 Å². The van der Waals surface area contributed by atoms with Crippen molar-refractivity contribution in [3.63, 3.8) is 0 Å². The molecule has 0 radical (unpaired) electrons. The third-order valence-corrected chi connectivity index (χ3v) is 4.20. The van der Waals surface area contributed by atoms with E-state index in [9.17, 15) is 4.79 Å². The van der Waals surface area contributed by atoms with Crippen LogP contribution < -0.4 is 5.32 Å². The van der Waals surface area contributed by atoms with Crippen LogP contribution in [-0.4, -0.2) is 24.1 Å². The van der Waals surface area contributed by atoms with Crippen molar-refractivity contribution >= 4 is 22.4 Å². The number of rotatable bonds is 3. The lowest BCUT2D eigenvalue weighted by Gasteiger charge is -2.35. The first kappa shape index (κ1) is 13.3. The number of hydrogen-bond donors (Lipinski definition) is 1. The summed E-state index contributed by atoms with van der Waals surface area (Å²) in [6.07, 6.45) is 4.87. The van der Waals surface area contributed by atoms with Crippen LogP contribution >= 0.6 is 11.3 Å². The molecule has 1 heterocycles. The van der Waals surface area contributed by atoms with Gasteiger partial charge in [0.15, 0.2) is 10.8 Å². The number of nitrogens with one attached hydrogen (secondary N) is 1. The first-order chi connectivity index (χ1) is 8.50. The second-order valence-corrected chi connectivity index (χ2v) is 6.49. The van der Waals surface area contributed by atoms with Gasteiger partial charge in [0.2, 0.25) is 0 Å². The maximum atomic E-state index is 11.3. The molecule has 0 aliphatic heterocycles. The summed E-state index contributed by atoms with van der Waals surface area (Å²) in [5.41, 5.74) is 0.790. The number of carbonyl (C=O) groups excluding carboxylic acids is 1. The smallest absolute Gasteiger partial charge is 0.357 e. The van der Waals surface area contributed by atoms with Gasteiger partial charge in [0.25, 0.3) is 0 Å². The lowest BCUT2D eigenvalue weighted by Crippen LogP contribution is -2.31. The number of nitrogens with zero attached hydrogens (tertiary/aromatic N) is 1. The van der Waals surface area contributed by atoms with Gasteiger partial charge in [0.1, 0.15) is 0 Å². The molecule has 0 bridgehead atoms. The predicted molar refractivity (Wildman–Crippen MR) is 73.1 cm³/mol. The standard InChI is InChI=1S/C13H20N2O2S/c1-13(2)6-4-5-9(7-13)14-12-15-10(8-18-12)11(16)17-3/h8-9H,4-7H2,1-3H3,(H,14,15). The minimum absolute atomic E-state index is 0.372. The van der Waals surface area contributed by atoms with E-state index >= 15 is 0 Å². The van der Waals surface area contributed by atoms with Crippen molar-refractivity contribution in [2.75, 3.05) is 12.4 Å². The highest BCUT2D eigenvalue weighted by molar-refractivity contribution is 7.13. The Morgan fingerprint density at radius 3 is 3.06 bits per heavy atom. The Kier molecular flexibility index (Phi) is 3.90. The molecule has 0 amide bonds. The molecule has 1 N–H and O–H groups in total. The minimum atomic E-state index is -0.372. The highest BCUT2D eigenvalue weighted by atomic mass is 32.1. The summed E-state index contributed by atoms with van der Waals surface area (Å²) in [7, 11) is 1.37. The van der Waals surface area contributed by atoms with Crippen molar-refractivity contribution in [3.05, 3.63) is 11.1 Å². The third-order valence-electron chi connectivity index (χ3n) is 3.43. The van der Waals surface area contributed by atoms with E-state index in [2.05, 4.69) is 28.9 Å². The molecule has 1 fully saturated rings. The van der Waals surface area contributed by atoms with Crippen molar-refractivity contribution in [1.29, 1.82) is 0 Å². The van der Waals surface area contributed by atoms with Gasteiger partial charge in [0.05, 0.1) is 7.11 Å².